The SMILES string of the molecule is COC(=O)c1ccc(C)c(N(C)S(=O)(=O)c2ccc([N+](=O)[O-])cc2)c1. The summed E-state index contributed by atoms with van der Waals surface area (Å²) in [5.41, 5.74) is 0.959. The second-order valence-electron chi connectivity index (χ2n) is 5.22. The van der Waals surface area contributed by atoms with Crippen molar-refractivity contribution in [2.75, 3.05) is 18.5 Å². The number of methoxy groups -OCH3 is 1. The Labute approximate surface area is 144 Å². The monoisotopic (exact) mass is 364 g/mol. The number of nitrogens with zero attached hydrogens (tertiary/aromatic N) is 2. The fourth-order valence-corrected chi connectivity index (χ4v) is 3.47. The van der Waals surface area contributed by atoms with Gasteiger partial charge in [-0.1, -0.05) is 6.07 Å². The molecule has 0 aliphatic heterocycles. The molecular formula is C16H16N2O6S. The number of nitro benzene ring substituents is 1. The van der Waals surface area contributed by atoms with Gasteiger partial charge in [0.15, 0.2) is 0 Å². The number of aryl methyl sites for hydroxylation is 1. The van der Waals surface area contributed by atoms with E-state index < -0.39 is 20.9 Å². The number of hydrogen-bond donors (Lipinski definition) is 0. The van der Waals surface area contributed by atoms with Crippen molar-refractivity contribution in [2.24, 2.45) is 0 Å². The molecule has 132 valence electrons. The summed E-state index contributed by atoms with van der Waals surface area (Å²) in [5, 5.41) is 10.7. The van der Waals surface area contributed by atoms with Gasteiger partial charge in [-0.15, -0.1) is 0 Å². The fourth-order valence-electron chi connectivity index (χ4n) is 2.22. The predicted molar refractivity (Wildman–Crippen MR) is 91.2 cm³/mol. The van der Waals surface area contributed by atoms with Gasteiger partial charge in [-0.2, -0.15) is 0 Å². The Kier molecular flexibility index (Phi) is 5.07. The molecule has 0 aromatic heterocycles. The summed E-state index contributed by atoms with van der Waals surface area (Å²) >= 11 is 0. The number of carbonyl (C=O) groups is 1. The van der Waals surface area contributed by atoms with E-state index in [1.165, 1.54) is 38.4 Å². The normalized spacial score (nSPS) is 11.0. The molecule has 0 aliphatic carbocycles. The van der Waals surface area contributed by atoms with Gasteiger partial charge in [0.1, 0.15) is 0 Å². The van der Waals surface area contributed by atoms with E-state index in [-0.39, 0.29) is 16.1 Å². The minimum atomic E-state index is -3.95. The highest BCUT2D eigenvalue weighted by atomic mass is 32.2. The van der Waals surface area contributed by atoms with E-state index in [0.717, 1.165) is 16.4 Å². The van der Waals surface area contributed by atoms with Crippen molar-refractivity contribution in [1.29, 1.82) is 0 Å². The van der Waals surface area contributed by atoms with E-state index >= 15 is 0 Å². The number of hydrogen-bond acceptors (Lipinski definition) is 6. The van der Waals surface area contributed by atoms with Crippen LogP contribution >= 0.6 is 0 Å². The highest BCUT2D eigenvalue weighted by Crippen LogP contribution is 2.27. The van der Waals surface area contributed by atoms with E-state index in [2.05, 4.69) is 4.74 Å². The van der Waals surface area contributed by atoms with Crippen LogP contribution in [0.3, 0.4) is 0 Å². The topological polar surface area (TPSA) is 107 Å². The van der Waals surface area contributed by atoms with Crippen molar-refractivity contribution < 1.29 is 22.9 Å². The number of carbonyl (C=O) groups excluding carboxylic acids is 1. The number of ether oxygens (including phenoxy) is 1. The highest BCUT2D eigenvalue weighted by Gasteiger charge is 2.24. The molecule has 2 aromatic carbocycles. The second-order valence-corrected chi connectivity index (χ2v) is 7.19. The summed E-state index contributed by atoms with van der Waals surface area (Å²) < 4.78 is 31.2. The summed E-state index contributed by atoms with van der Waals surface area (Å²) in [6, 6.07) is 9.16. The largest absolute Gasteiger partial charge is 0.465 e. The Balaban J connectivity index is 2.46. The average molecular weight is 364 g/mol. The van der Waals surface area contributed by atoms with Crippen molar-refractivity contribution >= 4 is 27.4 Å². The molecule has 0 N–H and O–H groups in total. The number of anilines is 1. The van der Waals surface area contributed by atoms with Crippen molar-refractivity contribution in [3.63, 3.8) is 0 Å². The number of benzene rings is 2. The van der Waals surface area contributed by atoms with Crippen LogP contribution in [0, 0.1) is 17.0 Å². The van der Waals surface area contributed by atoms with Gasteiger partial charge in [0.25, 0.3) is 15.7 Å². The first kappa shape index (κ1) is 18.4. The molecule has 0 unspecified atom stereocenters. The van der Waals surface area contributed by atoms with E-state index in [0.29, 0.717) is 11.3 Å². The van der Waals surface area contributed by atoms with E-state index in [9.17, 15) is 23.3 Å². The lowest BCUT2D eigenvalue weighted by atomic mass is 10.1. The van der Waals surface area contributed by atoms with E-state index in [1.807, 2.05) is 0 Å². The Morgan fingerprint density at radius 3 is 2.28 bits per heavy atom. The first-order chi connectivity index (χ1) is 11.7. The Morgan fingerprint density at radius 2 is 1.76 bits per heavy atom. The predicted octanol–water partition coefficient (Wildman–Crippen LogP) is 2.51. The molecule has 25 heavy (non-hydrogen) atoms. The van der Waals surface area contributed by atoms with E-state index in [4.69, 9.17) is 0 Å². The molecule has 2 rings (SSSR count). The first-order valence-electron chi connectivity index (χ1n) is 7.11. The lowest BCUT2D eigenvalue weighted by Crippen LogP contribution is -2.27. The van der Waals surface area contributed by atoms with Gasteiger partial charge in [0, 0.05) is 19.2 Å². The smallest absolute Gasteiger partial charge is 0.337 e. The standard InChI is InChI=1S/C16H16N2O6S/c1-11-4-5-12(16(19)24-3)10-15(11)17(2)25(22,23)14-8-6-13(7-9-14)18(20)21/h4-10H,1-3H3. The van der Waals surface area contributed by atoms with Crippen LogP contribution in [0.4, 0.5) is 11.4 Å². The molecule has 0 radical (unpaired) electrons. The molecule has 0 aliphatic rings. The van der Waals surface area contributed by atoms with Gasteiger partial charge in [-0.3, -0.25) is 14.4 Å². The zero-order chi connectivity index (χ0) is 18.8. The zero-order valence-electron chi connectivity index (χ0n) is 13.8. The van der Waals surface area contributed by atoms with Crippen LogP contribution in [0.25, 0.3) is 0 Å². The summed E-state index contributed by atoms with van der Waals surface area (Å²) in [6.45, 7) is 1.71. The lowest BCUT2D eigenvalue weighted by molar-refractivity contribution is -0.384. The van der Waals surface area contributed by atoms with Crippen molar-refractivity contribution in [1.82, 2.24) is 0 Å². The number of nitro groups is 1. The molecule has 0 atom stereocenters. The Morgan fingerprint density at radius 1 is 1.16 bits per heavy atom. The van der Waals surface area contributed by atoms with Crippen molar-refractivity contribution in [3.05, 3.63) is 63.7 Å². The number of rotatable bonds is 5. The molecule has 0 saturated heterocycles. The second kappa shape index (κ2) is 6.89. The quantitative estimate of drug-likeness (QED) is 0.458. The maximum Gasteiger partial charge on any atom is 0.337 e. The molecular weight excluding hydrogens is 348 g/mol. The van der Waals surface area contributed by atoms with Gasteiger partial charge < -0.3 is 4.74 Å². The third-order valence-electron chi connectivity index (χ3n) is 3.68. The Hall–Kier alpha value is -2.94. The van der Waals surface area contributed by atoms with Crippen LogP contribution in [-0.2, 0) is 14.8 Å². The van der Waals surface area contributed by atoms with E-state index in [1.54, 1.807) is 13.0 Å². The summed E-state index contributed by atoms with van der Waals surface area (Å²) in [6.07, 6.45) is 0. The van der Waals surface area contributed by atoms with Gasteiger partial charge in [-0.05, 0) is 36.8 Å². The third-order valence-corrected chi connectivity index (χ3v) is 5.46. The first-order valence-corrected chi connectivity index (χ1v) is 8.55. The van der Waals surface area contributed by atoms with Crippen LogP contribution < -0.4 is 4.31 Å². The minimum absolute atomic E-state index is 0.0940. The molecule has 2 aromatic rings. The van der Waals surface area contributed by atoms with Crippen LogP contribution in [0.15, 0.2) is 47.4 Å². The number of sulfonamides is 1. The van der Waals surface area contributed by atoms with Crippen molar-refractivity contribution in [3.8, 4) is 0 Å². The number of esters is 1. The maximum absolute atomic E-state index is 12.8. The average Bonchev–Trinajstić information content (AvgIpc) is 2.60. The summed E-state index contributed by atoms with van der Waals surface area (Å²) in [7, 11) is -1.36. The third kappa shape index (κ3) is 3.61. The van der Waals surface area contributed by atoms with Crippen LogP contribution in [0.5, 0.6) is 0 Å². The Bertz CT molecular complexity index is 922. The van der Waals surface area contributed by atoms with Gasteiger partial charge in [0.05, 0.1) is 28.2 Å². The molecule has 0 heterocycles. The molecule has 0 spiro atoms. The lowest BCUT2D eigenvalue weighted by Gasteiger charge is -2.22. The van der Waals surface area contributed by atoms with Crippen molar-refractivity contribution in [2.45, 2.75) is 11.8 Å². The minimum Gasteiger partial charge on any atom is -0.465 e. The van der Waals surface area contributed by atoms with Gasteiger partial charge >= 0.3 is 5.97 Å². The van der Waals surface area contributed by atoms with Crippen LogP contribution in [-0.4, -0.2) is 33.5 Å². The fraction of sp³-hybridized carbons (Fsp3) is 0.188. The van der Waals surface area contributed by atoms with Crippen LogP contribution in [0.1, 0.15) is 15.9 Å². The van der Waals surface area contributed by atoms with Gasteiger partial charge in [0.2, 0.25) is 0 Å². The molecule has 0 saturated carbocycles. The molecule has 0 amide bonds. The highest BCUT2D eigenvalue weighted by molar-refractivity contribution is 7.92. The summed E-state index contributed by atoms with van der Waals surface area (Å²) in [5.74, 6) is -0.581. The summed E-state index contributed by atoms with van der Waals surface area (Å²) in [4.78, 5) is 21.7. The maximum atomic E-state index is 12.8. The van der Waals surface area contributed by atoms with Crippen LogP contribution in [0.2, 0.25) is 0 Å². The molecule has 0 bridgehead atoms. The molecule has 9 heteroatoms. The molecule has 8 nitrogen and oxygen atoms in total. The van der Waals surface area contributed by atoms with Gasteiger partial charge in [-0.25, -0.2) is 13.2 Å². The zero-order valence-corrected chi connectivity index (χ0v) is 14.6. The number of non-ortho nitro benzene ring substituents is 1. The molecule has 0 fully saturated rings.